The molecular weight excluding hydrogens is 226 g/mol. The second-order valence-electron chi connectivity index (χ2n) is 5.53. The number of anilines is 1. The first-order valence-corrected chi connectivity index (χ1v) is 6.41. The van der Waals surface area contributed by atoms with Crippen molar-refractivity contribution in [1.29, 1.82) is 0 Å². The van der Waals surface area contributed by atoms with Crippen LogP contribution < -0.4 is 5.32 Å². The Morgan fingerprint density at radius 1 is 1.22 bits per heavy atom. The van der Waals surface area contributed by atoms with Crippen LogP contribution in [0.3, 0.4) is 0 Å². The van der Waals surface area contributed by atoms with Gasteiger partial charge in [0.1, 0.15) is 0 Å². The van der Waals surface area contributed by atoms with Gasteiger partial charge in [-0.05, 0) is 62.8 Å². The van der Waals surface area contributed by atoms with Gasteiger partial charge >= 0.3 is 0 Å². The number of aliphatic hydroxyl groups is 1. The molecule has 18 heavy (non-hydrogen) atoms. The zero-order valence-electron chi connectivity index (χ0n) is 11.6. The van der Waals surface area contributed by atoms with E-state index in [0.717, 1.165) is 29.7 Å². The molecule has 0 saturated heterocycles. The van der Waals surface area contributed by atoms with Crippen LogP contribution in [0.4, 0.5) is 5.69 Å². The lowest BCUT2D eigenvalue weighted by Crippen LogP contribution is -2.28. The Labute approximate surface area is 108 Å². The summed E-state index contributed by atoms with van der Waals surface area (Å²) in [7, 11) is 0. The number of hydrogen-bond acceptors (Lipinski definition) is 2. The van der Waals surface area contributed by atoms with Gasteiger partial charge in [0.15, 0.2) is 0 Å². The van der Waals surface area contributed by atoms with Crippen LogP contribution >= 0.6 is 0 Å². The molecule has 0 aliphatic heterocycles. The maximum absolute atomic E-state index is 12.2. The molecule has 1 aliphatic rings. The van der Waals surface area contributed by atoms with Gasteiger partial charge in [-0.3, -0.25) is 4.79 Å². The van der Waals surface area contributed by atoms with E-state index in [1.807, 2.05) is 13.8 Å². The van der Waals surface area contributed by atoms with E-state index in [0.29, 0.717) is 0 Å². The van der Waals surface area contributed by atoms with E-state index in [1.165, 1.54) is 11.1 Å². The molecule has 1 aliphatic carbocycles. The normalized spacial score (nSPS) is 16.5. The molecule has 3 nitrogen and oxygen atoms in total. The van der Waals surface area contributed by atoms with Gasteiger partial charge in [-0.25, -0.2) is 0 Å². The Bertz CT molecular complexity index is 475. The molecule has 1 saturated carbocycles. The Morgan fingerprint density at radius 3 is 2.11 bits per heavy atom. The van der Waals surface area contributed by atoms with Gasteiger partial charge < -0.3 is 10.4 Å². The van der Waals surface area contributed by atoms with Crippen molar-refractivity contribution in [3.05, 3.63) is 28.3 Å². The highest BCUT2D eigenvalue weighted by molar-refractivity contribution is 5.98. The molecular formula is C15H21NO2. The Kier molecular flexibility index (Phi) is 3.20. The van der Waals surface area contributed by atoms with Crippen molar-refractivity contribution in [3.8, 4) is 0 Å². The maximum atomic E-state index is 12.2. The summed E-state index contributed by atoms with van der Waals surface area (Å²) >= 11 is 0. The second-order valence-corrected chi connectivity index (χ2v) is 5.53. The second kappa shape index (κ2) is 4.39. The van der Waals surface area contributed by atoms with Gasteiger partial charge in [0, 0.05) is 5.69 Å². The van der Waals surface area contributed by atoms with Crippen LogP contribution in [-0.2, 0) is 4.79 Å². The first-order chi connectivity index (χ1) is 8.41. The van der Waals surface area contributed by atoms with E-state index in [9.17, 15) is 9.90 Å². The molecule has 0 heterocycles. The SMILES string of the molecule is Cc1cc(C)c(C)c(NC(=O)C2(CO)CC2)c1C. The first kappa shape index (κ1) is 13.1. The molecule has 0 unspecified atom stereocenters. The van der Waals surface area contributed by atoms with E-state index in [4.69, 9.17) is 0 Å². The minimum absolute atomic E-state index is 0.0406. The lowest BCUT2D eigenvalue weighted by molar-refractivity contribution is -0.122. The quantitative estimate of drug-likeness (QED) is 0.862. The van der Waals surface area contributed by atoms with E-state index >= 15 is 0 Å². The fraction of sp³-hybridized carbons (Fsp3) is 0.533. The number of aliphatic hydroxyl groups excluding tert-OH is 1. The Balaban J connectivity index is 2.32. The van der Waals surface area contributed by atoms with Crippen molar-refractivity contribution < 1.29 is 9.90 Å². The summed E-state index contributed by atoms with van der Waals surface area (Å²) in [4.78, 5) is 12.2. The molecule has 0 spiro atoms. The number of nitrogens with one attached hydrogen (secondary N) is 1. The van der Waals surface area contributed by atoms with Crippen LogP contribution in [0.25, 0.3) is 0 Å². The monoisotopic (exact) mass is 247 g/mol. The van der Waals surface area contributed by atoms with Crippen molar-refractivity contribution in [3.63, 3.8) is 0 Å². The summed E-state index contributed by atoms with van der Waals surface area (Å²) in [5, 5.41) is 12.3. The lowest BCUT2D eigenvalue weighted by Gasteiger charge is -2.19. The van der Waals surface area contributed by atoms with E-state index in [-0.39, 0.29) is 12.5 Å². The molecule has 98 valence electrons. The predicted molar refractivity (Wildman–Crippen MR) is 72.8 cm³/mol. The highest BCUT2D eigenvalue weighted by Crippen LogP contribution is 2.46. The van der Waals surface area contributed by atoms with Crippen molar-refractivity contribution in [2.45, 2.75) is 40.5 Å². The molecule has 2 rings (SSSR count). The first-order valence-electron chi connectivity index (χ1n) is 6.41. The molecule has 0 radical (unpaired) electrons. The summed E-state index contributed by atoms with van der Waals surface area (Å²) < 4.78 is 0. The molecule has 1 aromatic rings. The third-order valence-electron chi connectivity index (χ3n) is 4.24. The van der Waals surface area contributed by atoms with Gasteiger partial charge in [0.25, 0.3) is 0 Å². The maximum Gasteiger partial charge on any atom is 0.232 e. The van der Waals surface area contributed by atoms with Crippen molar-refractivity contribution in [2.75, 3.05) is 11.9 Å². The average Bonchev–Trinajstić information content (AvgIpc) is 3.13. The smallest absolute Gasteiger partial charge is 0.232 e. The van der Waals surface area contributed by atoms with Crippen molar-refractivity contribution in [2.24, 2.45) is 5.41 Å². The van der Waals surface area contributed by atoms with Gasteiger partial charge in [-0.2, -0.15) is 0 Å². The average molecular weight is 247 g/mol. The zero-order chi connectivity index (χ0) is 13.5. The predicted octanol–water partition coefficient (Wildman–Crippen LogP) is 2.63. The topological polar surface area (TPSA) is 49.3 Å². The van der Waals surface area contributed by atoms with Crippen LogP contribution in [0.1, 0.15) is 35.1 Å². The number of hydrogen-bond donors (Lipinski definition) is 2. The Morgan fingerprint density at radius 2 is 1.72 bits per heavy atom. The number of rotatable bonds is 3. The summed E-state index contributed by atoms with van der Waals surface area (Å²) in [6, 6.07) is 2.14. The van der Waals surface area contributed by atoms with Crippen LogP contribution in [-0.4, -0.2) is 17.6 Å². The fourth-order valence-electron chi connectivity index (χ4n) is 2.26. The van der Waals surface area contributed by atoms with E-state index < -0.39 is 5.41 Å². The molecule has 0 aromatic heterocycles. The van der Waals surface area contributed by atoms with Crippen molar-refractivity contribution in [1.82, 2.24) is 0 Å². The van der Waals surface area contributed by atoms with Gasteiger partial charge in [-0.1, -0.05) is 6.07 Å². The molecule has 0 atom stereocenters. The number of benzene rings is 1. The van der Waals surface area contributed by atoms with Crippen LogP contribution in [0.5, 0.6) is 0 Å². The third kappa shape index (κ3) is 2.03. The highest BCUT2D eigenvalue weighted by atomic mass is 16.3. The molecule has 1 fully saturated rings. The highest BCUT2D eigenvalue weighted by Gasteiger charge is 2.49. The summed E-state index contributed by atoms with van der Waals surface area (Å²) in [6.45, 7) is 8.10. The number of amides is 1. The molecule has 1 amide bonds. The van der Waals surface area contributed by atoms with Crippen molar-refractivity contribution >= 4 is 11.6 Å². The zero-order valence-corrected chi connectivity index (χ0v) is 11.6. The van der Waals surface area contributed by atoms with Gasteiger partial charge in [-0.15, -0.1) is 0 Å². The van der Waals surface area contributed by atoms with Crippen LogP contribution in [0.2, 0.25) is 0 Å². The van der Waals surface area contributed by atoms with Gasteiger partial charge in [0.05, 0.1) is 12.0 Å². The van der Waals surface area contributed by atoms with E-state index in [1.54, 1.807) is 0 Å². The number of aryl methyl sites for hydroxylation is 2. The minimum Gasteiger partial charge on any atom is -0.395 e. The summed E-state index contributed by atoms with van der Waals surface area (Å²) in [6.07, 6.45) is 1.58. The molecule has 2 N–H and O–H groups in total. The number of carbonyl (C=O) groups is 1. The van der Waals surface area contributed by atoms with Gasteiger partial charge in [0.2, 0.25) is 5.91 Å². The van der Waals surface area contributed by atoms with E-state index in [2.05, 4.69) is 25.2 Å². The third-order valence-corrected chi connectivity index (χ3v) is 4.24. The molecule has 3 heteroatoms. The lowest BCUT2D eigenvalue weighted by atomic mass is 9.98. The van der Waals surface area contributed by atoms with Crippen LogP contribution in [0, 0.1) is 33.1 Å². The Hall–Kier alpha value is -1.35. The van der Waals surface area contributed by atoms with Crippen LogP contribution in [0.15, 0.2) is 6.07 Å². The summed E-state index contributed by atoms with van der Waals surface area (Å²) in [5.41, 5.74) is 4.98. The standard InChI is InChI=1S/C15H21NO2/c1-9-7-10(2)12(4)13(11(9)3)16-14(18)15(8-17)5-6-15/h7,17H,5-6,8H2,1-4H3,(H,16,18). The minimum atomic E-state index is -0.517. The summed E-state index contributed by atoms with van der Waals surface area (Å²) in [5.74, 6) is -0.0406. The largest absolute Gasteiger partial charge is 0.395 e. The number of carbonyl (C=O) groups excluding carboxylic acids is 1. The fourth-order valence-corrected chi connectivity index (χ4v) is 2.26. The molecule has 1 aromatic carbocycles. The molecule has 0 bridgehead atoms.